The Kier molecular flexibility index (Phi) is 4.29. The minimum atomic E-state index is 0.163. The van der Waals surface area contributed by atoms with E-state index in [4.69, 9.17) is 5.73 Å². The lowest BCUT2D eigenvalue weighted by Gasteiger charge is -2.26. The number of aryl methyl sites for hydroxylation is 1. The molecule has 0 heterocycles. The standard InChI is InChI=1S/C18H26N2O/c1-2-13-3-5-14(6-4-13)12-20(17-9-10-17)18(21)15-7-8-16(19)11-15/h3-6,15-17H,2,7-12,19H2,1H3/t15-,16-/m0/s1. The zero-order chi connectivity index (χ0) is 14.8. The molecule has 2 N–H and O–H groups in total. The lowest BCUT2D eigenvalue weighted by molar-refractivity contribution is -0.136. The van der Waals surface area contributed by atoms with E-state index in [1.165, 1.54) is 11.1 Å². The van der Waals surface area contributed by atoms with Crippen LogP contribution in [-0.2, 0) is 17.8 Å². The largest absolute Gasteiger partial charge is 0.335 e. The number of hydrogen-bond acceptors (Lipinski definition) is 2. The maximum atomic E-state index is 12.8. The summed E-state index contributed by atoms with van der Waals surface area (Å²) in [5.41, 5.74) is 8.57. The molecular weight excluding hydrogens is 260 g/mol. The molecule has 0 aromatic heterocycles. The predicted octanol–water partition coefficient (Wildman–Crippen LogP) is 2.87. The Hall–Kier alpha value is -1.35. The van der Waals surface area contributed by atoms with Gasteiger partial charge in [0.15, 0.2) is 0 Å². The van der Waals surface area contributed by atoms with E-state index in [9.17, 15) is 4.79 Å². The number of nitrogens with two attached hydrogens (primary N) is 1. The van der Waals surface area contributed by atoms with E-state index in [0.717, 1.165) is 45.1 Å². The van der Waals surface area contributed by atoms with Crippen molar-refractivity contribution in [1.82, 2.24) is 4.90 Å². The molecule has 1 aromatic rings. The number of carbonyl (C=O) groups is 1. The lowest BCUT2D eigenvalue weighted by atomic mass is 10.0. The Morgan fingerprint density at radius 3 is 2.33 bits per heavy atom. The smallest absolute Gasteiger partial charge is 0.226 e. The van der Waals surface area contributed by atoms with E-state index >= 15 is 0 Å². The van der Waals surface area contributed by atoms with E-state index in [2.05, 4.69) is 36.1 Å². The second kappa shape index (κ2) is 6.18. The van der Waals surface area contributed by atoms with Crippen LogP contribution in [0.5, 0.6) is 0 Å². The van der Waals surface area contributed by atoms with Crippen molar-refractivity contribution in [2.75, 3.05) is 0 Å². The lowest BCUT2D eigenvalue weighted by Crippen LogP contribution is -2.37. The van der Waals surface area contributed by atoms with Crippen LogP contribution in [0.25, 0.3) is 0 Å². The van der Waals surface area contributed by atoms with Crippen molar-refractivity contribution in [3.8, 4) is 0 Å². The Labute approximate surface area is 127 Å². The van der Waals surface area contributed by atoms with Crippen LogP contribution in [0.2, 0.25) is 0 Å². The monoisotopic (exact) mass is 286 g/mol. The van der Waals surface area contributed by atoms with Gasteiger partial charge in [-0.15, -0.1) is 0 Å². The third-order valence-electron chi connectivity index (χ3n) is 4.88. The van der Waals surface area contributed by atoms with Crippen LogP contribution in [0.4, 0.5) is 0 Å². The van der Waals surface area contributed by atoms with Crippen LogP contribution >= 0.6 is 0 Å². The van der Waals surface area contributed by atoms with Crippen molar-refractivity contribution in [2.24, 2.45) is 11.7 Å². The summed E-state index contributed by atoms with van der Waals surface area (Å²) < 4.78 is 0. The average molecular weight is 286 g/mol. The van der Waals surface area contributed by atoms with E-state index in [1.807, 2.05) is 0 Å². The van der Waals surface area contributed by atoms with Crippen LogP contribution < -0.4 is 5.73 Å². The summed E-state index contributed by atoms with van der Waals surface area (Å²) in [5.74, 6) is 0.500. The third-order valence-corrected chi connectivity index (χ3v) is 4.88. The zero-order valence-corrected chi connectivity index (χ0v) is 12.9. The maximum Gasteiger partial charge on any atom is 0.226 e. The van der Waals surface area contributed by atoms with Gasteiger partial charge in [0, 0.05) is 24.5 Å². The van der Waals surface area contributed by atoms with E-state index in [1.54, 1.807) is 0 Å². The van der Waals surface area contributed by atoms with E-state index < -0.39 is 0 Å². The van der Waals surface area contributed by atoms with E-state index in [-0.39, 0.29) is 12.0 Å². The molecule has 114 valence electrons. The van der Waals surface area contributed by atoms with Crippen molar-refractivity contribution in [1.29, 1.82) is 0 Å². The van der Waals surface area contributed by atoms with Crippen LogP contribution in [-0.4, -0.2) is 22.9 Å². The number of carbonyl (C=O) groups excluding carboxylic acids is 1. The highest BCUT2D eigenvalue weighted by Gasteiger charge is 2.38. The Balaban J connectivity index is 1.68. The van der Waals surface area contributed by atoms with Crippen molar-refractivity contribution < 1.29 is 4.79 Å². The second-order valence-electron chi connectivity index (χ2n) is 6.64. The van der Waals surface area contributed by atoms with Gasteiger partial charge in [0.25, 0.3) is 0 Å². The highest BCUT2D eigenvalue weighted by molar-refractivity contribution is 5.80. The number of amides is 1. The molecule has 21 heavy (non-hydrogen) atoms. The van der Waals surface area contributed by atoms with Crippen molar-refractivity contribution in [3.05, 3.63) is 35.4 Å². The summed E-state index contributed by atoms with van der Waals surface area (Å²) in [7, 11) is 0. The summed E-state index contributed by atoms with van der Waals surface area (Å²) in [5, 5.41) is 0. The number of nitrogens with zero attached hydrogens (tertiary/aromatic N) is 1. The Morgan fingerprint density at radius 2 is 1.81 bits per heavy atom. The molecule has 2 aliphatic rings. The highest BCUT2D eigenvalue weighted by Crippen LogP contribution is 2.33. The fraction of sp³-hybridized carbons (Fsp3) is 0.611. The minimum absolute atomic E-state index is 0.163. The third kappa shape index (κ3) is 3.46. The van der Waals surface area contributed by atoms with Crippen LogP contribution in [0.3, 0.4) is 0 Å². The molecule has 1 aromatic carbocycles. The summed E-state index contributed by atoms with van der Waals surface area (Å²) in [6, 6.07) is 9.39. The molecule has 0 aliphatic heterocycles. The molecule has 2 saturated carbocycles. The number of benzene rings is 1. The SMILES string of the molecule is CCc1ccc(CN(C(=O)[C@H]2CC[C@H](N)C2)C2CC2)cc1. The molecule has 0 spiro atoms. The molecule has 3 heteroatoms. The molecule has 2 aliphatic carbocycles. The molecular formula is C18H26N2O. The first-order valence-electron chi connectivity index (χ1n) is 8.31. The first-order valence-corrected chi connectivity index (χ1v) is 8.31. The fourth-order valence-corrected chi connectivity index (χ4v) is 3.33. The van der Waals surface area contributed by atoms with Gasteiger partial charge in [-0.1, -0.05) is 31.2 Å². The first kappa shape index (κ1) is 14.6. The minimum Gasteiger partial charge on any atom is -0.335 e. The van der Waals surface area contributed by atoms with Gasteiger partial charge in [0.2, 0.25) is 5.91 Å². The van der Waals surface area contributed by atoms with Crippen molar-refractivity contribution >= 4 is 5.91 Å². The first-order chi connectivity index (χ1) is 10.2. The van der Waals surface area contributed by atoms with Gasteiger partial charge in [-0.2, -0.15) is 0 Å². The van der Waals surface area contributed by atoms with Crippen LogP contribution in [0.15, 0.2) is 24.3 Å². The normalized spacial score (nSPS) is 25.0. The van der Waals surface area contributed by atoms with Gasteiger partial charge in [-0.05, 0) is 49.7 Å². The second-order valence-corrected chi connectivity index (χ2v) is 6.64. The zero-order valence-electron chi connectivity index (χ0n) is 12.9. The molecule has 0 bridgehead atoms. The summed E-state index contributed by atoms with van der Waals surface area (Å²) in [6.45, 7) is 2.93. The van der Waals surface area contributed by atoms with E-state index in [0.29, 0.717) is 11.9 Å². The van der Waals surface area contributed by atoms with Crippen molar-refractivity contribution in [3.63, 3.8) is 0 Å². The summed E-state index contributed by atoms with van der Waals surface area (Å²) >= 11 is 0. The van der Waals surface area contributed by atoms with Crippen molar-refractivity contribution in [2.45, 2.75) is 64.1 Å². The molecule has 0 unspecified atom stereocenters. The van der Waals surface area contributed by atoms with Gasteiger partial charge in [-0.25, -0.2) is 0 Å². The Morgan fingerprint density at radius 1 is 1.14 bits per heavy atom. The van der Waals surface area contributed by atoms with Gasteiger partial charge < -0.3 is 10.6 Å². The molecule has 2 fully saturated rings. The maximum absolute atomic E-state index is 12.8. The van der Waals surface area contributed by atoms with Crippen LogP contribution in [0.1, 0.15) is 50.2 Å². The number of hydrogen-bond donors (Lipinski definition) is 1. The van der Waals surface area contributed by atoms with Gasteiger partial charge in [0.1, 0.15) is 0 Å². The average Bonchev–Trinajstić information content (AvgIpc) is 3.26. The Bertz CT molecular complexity index is 492. The predicted molar refractivity (Wildman–Crippen MR) is 84.7 cm³/mol. The quantitative estimate of drug-likeness (QED) is 0.904. The van der Waals surface area contributed by atoms with Crippen LogP contribution in [0, 0.1) is 5.92 Å². The molecule has 2 atom stereocenters. The topological polar surface area (TPSA) is 46.3 Å². The van der Waals surface area contributed by atoms with Gasteiger partial charge >= 0.3 is 0 Å². The molecule has 3 nitrogen and oxygen atoms in total. The molecule has 1 amide bonds. The van der Waals surface area contributed by atoms with Gasteiger partial charge in [0.05, 0.1) is 0 Å². The highest BCUT2D eigenvalue weighted by atomic mass is 16.2. The summed E-state index contributed by atoms with van der Waals surface area (Å²) in [6.07, 6.45) is 6.23. The molecule has 0 saturated heterocycles. The van der Waals surface area contributed by atoms with Gasteiger partial charge in [-0.3, -0.25) is 4.79 Å². The summed E-state index contributed by atoms with van der Waals surface area (Å²) in [4.78, 5) is 14.9. The molecule has 0 radical (unpaired) electrons. The number of rotatable bonds is 5. The molecule has 3 rings (SSSR count). The fourth-order valence-electron chi connectivity index (χ4n) is 3.33.